The van der Waals surface area contributed by atoms with Crippen molar-refractivity contribution in [3.05, 3.63) is 53.6 Å². The summed E-state index contributed by atoms with van der Waals surface area (Å²) in [6, 6.07) is 12.9. The van der Waals surface area contributed by atoms with Gasteiger partial charge >= 0.3 is 12.1 Å². The Labute approximate surface area is 198 Å². The zero-order valence-electron chi connectivity index (χ0n) is 20.6. The molecule has 0 bridgehead atoms. The van der Waals surface area contributed by atoms with Crippen LogP contribution in [0.3, 0.4) is 0 Å². The number of aryl methyl sites for hydroxylation is 2. The van der Waals surface area contributed by atoms with Crippen LogP contribution in [0, 0.1) is 12.8 Å². The first kappa shape index (κ1) is 26.2. The van der Waals surface area contributed by atoms with E-state index in [9.17, 15) is 9.59 Å². The average Bonchev–Trinajstić information content (AvgIpc) is 2.81. The van der Waals surface area contributed by atoms with Crippen molar-refractivity contribution in [1.29, 1.82) is 0 Å². The summed E-state index contributed by atoms with van der Waals surface area (Å²) in [5.74, 6) is 0.495. The van der Waals surface area contributed by atoms with Crippen LogP contribution in [-0.4, -0.2) is 18.6 Å². The normalized spacial score (nSPS) is 11.5. The van der Waals surface area contributed by atoms with Crippen LogP contribution in [0.2, 0.25) is 0 Å². The fourth-order valence-corrected chi connectivity index (χ4v) is 3.61. The molecule has 0 saturated heterocycles. The molecule has 0 radical (unpaired) electrons. The Kier molecular flexibility index (Phi) is 11.3. The number of anilines is 3. The Bertz CT molecular complexity index is 880. The molecule has 6 nitrogen and oxygen atoms in total. The number of urea groups is 2. The standard InChI is InChI=1S/C27H40N4O2/c1-5-8-10-21(7-3)19-28-26(32)31-25-18-24(15-12-20(25)4)30-27(33)29-23-16-13-22(14-17-23)11-9-6-2/h12-18,21H,5-11,19H2,1-4H3,(H2,28,31,32)(H2,29,30,33). The van der Waals surface area contributed by atoms with Gasteiger partial charge in [0.15, 0.2) is 0 Å². The third-order valence-corrected chi connectivity index (χ3v) is 5.87. The van der Waals surface area contributed by atoms with Crippen LogP contribution in [-0.2, 0) is 6.42 Å². The molecule has 0 aliphatic carbocycles. The van der Waals surface area contributed by atoms with Crippen molar-refractivity contribution in [2.45, 2.75) is 72.6 Å². The topological polar surface area (TPSA) is 82.3 Å². The third-order valence-electron chi connectivity index (χ3n) is 5.87. The van der Waals surface area contributed by atoms with Gasteiger partial charge in [0.25, 0.3) is 0 Å². The summed E-state index contributed by atoms with van der Waals surface area (Å²) in [5.41, 5.74) is 4.23. The number of hydrogen-bond donors (Lipinski definition) is 4. The number of hydrogen-bond acceptors (Lipinski definition) is 2. The molecule has 0 aromatic heterocycles. The van der Waals surface area contributed by atoms with E-state index in [0.717, 1.165) is 43.4 Å². The van der Waals surface area contributed by atoms with E-state index < -0.39 is 0 Å². The highest BCUT2D eigenvalue weighted by atomic mass is 16.2. The smallest absolute Gasteiger partial charge is 0.323 e. The van der Waals surface area contributed by atoms with E-state index >= 15 is 0 Å². The SMILES string of the molecule is CCCCc1ccc(NC(=O)Nc2ccc(C)c(NC(=O)NCC(CC)CCCC)c2)cc1. The summed E-state index contributed by atoms with van der Waals surface area (Å²) in [6.45, 7) is 9.11. The molecule has 2 aromatic rings. The van der Waals surface area contributed by atoms with E-state index in [-0.39, 0.29) is 12.1 Å². The molecule has 180 valence electrons. The Balaban J connectivity index is 1.89. The van der Waals surface area contributed by atoms with Crippen molar-refractivity contribution in [1.82, 2.24) is 5.32 Å². The molecule has 2 rings (SSSR count). The molecule has 4 amide bonds. The Morgan fingerprint density at radius 1 is 0.818 bits per heavy atom. The first-order valence-corrected chi connectivity index (χ1v) is 12.3. The highest BCUT2D eigenvalue weighted by molar-refractivity contribution is 6.00. The molecule has 0 fully saturated rings. The summed E-state index contributed by atoms with van der Waals surface area (Å²) in [5, 5.41) is 11.6. The van der Waals surface area contributed by atoms with Gasteiger partial charge in [-0.3, -0.25) is 0 Å². The minimum atomic E-state index is -0.322. The van der Waals surface area contributed by atoms with Crippen molar-refractivity contribution >= 4 is 29.1 Å². The number of carbonyl (C=O) groups is 2. The molecule has 4 N–H and O–H groups in total. The molecular formula is C27H40N4O2. The molecule has 1 unspecified atom stereocenters. The number of nitrogens with one attached hydrogen (secondary N) is 4. The molecular weight excluding hydrogens is 412 g/mol. The highest BCUT2D eigenvalue weighted by Gasteiger charge is 2.11. The first-order chi connectivity index (χ1) is 15.9. The van der Waals surface area contributed by atoms with Gasteiger partial charge in [0.2, 0.25) is 0 Å². The van der Waals surface area contributed by atoms with E-state index in [2.05, 4.69) is 42.0 Å². The lowest BCUT2D eigenvalue weighted by molar-refractivity contribution is 0.249. The van der Waals surface area contributed by atoms with Crippen LogP contribution < -0.4 is 21.3 Å². The van der Waals surface area contributed by atoms with Gasteiger partial charge in [-0.25, -0.2) is 9.59 Å². The summed E-state index contributed by atoms with van der Waals surface area (Å²) in [7, 11) is 0. The van der Waals surface area contributed by atoms with E-state index in [1.165, 1.54) is 18.4 Å². The van der Waals surface area contributed by atoms with Crippen LogP contribution in [0.1, 0.15) is 70.4 Å². The predicted octanol–water partition coefficient (Wildman–Crippen LogP) is 7.32. The lowest BCUT2D eigenvalue weighted by Gasteiger charge is -2.17. The molecule has 0 heterocycles. The van der Waals surface area contributed by atoms with Crippen molar-refractivity contribution in [3.63, 3.8) is 0 Å². The predicted molar refractivity (Wildman–Crippen MR) is 139 cm³/mol. The number of unbranched alkanes of at least 4 members (excludes halogenated alkanes) is 2. The zero-order valence-corrected chi connectivity index (χ0v) is 20.6. The molecule has 2 aromatic carbocycles. The second-order valence-corrected chi connectivity index (χ2v) is 8.66. The average molecular weight is 453 g/mol. The molecule has 33 heavy (non-hydrogen) atoms. The van der Waals surface area contributed by atoms with Gasteiger partial charge in [0.05, 0.1) is 0 Å². The lowest BCUT2D eigenvalue weighted by Crippen LogP contribution is -2.33. The van der Waals surface area contributed by atoms with Gasteiger partial charge in [-0.1, -0.05) is 64.7 Å². The van der Waals surface area contributed by atoms with E-state index in [4.69, 9.17) is 0 Å². The van der Waals surface area contributed by atoms with Crippen molar-refractivity contribution in [3.8, 4) is 0 Å². The zero-order chi connectivity index (χ0) is 24.1. The van der Waals surface area contributed by atoms with E-state index in [1.54, 1.807) is 6.07 Å². The van der Waals surface area contributed by atoms with Crippen molar-refractivity contribution in [2.24, 2.45) is 5.92 Å². The van der Waals surface area contributed by atoms with Gasteiger partial charge in [0, 0.05) is 23.6 Å². The second-order valence-electron chi connectivity index (χ2n) is 8.66. The molecule has 1 atom stereocenters. The van der Waals surface area contributed by atoms with Crippen molar-refractivity contribution in [2.75, 3.05) is 22.5 Å². The first-order valence-electron chi connectivity index (χ1n) is 12.3. The quantitative estimate of drug-likeness (QED) is 0.272. The van der Waals surface area contributed by atoms with Gasteiger partial charge < -0.3 is 21.3 Å². The number of benzene rings is 2. The molecule has 6 heteroatoms. The number of rotatable bonds is 12. The minimum Gasteiger partial charge on any atom is -0.338 e. The number of carbonyl (C=O) groups excluding carboxylic acids is 2. The van der Waals surface area contributed by atoms with Gasteiger partial charge in [-0.15, -0.1) is 0 Å². The summed E-state index contributed by atoms with van der Waals surface area (Å²) >= 11 is 0. The van der Waals surface area contributed by atoms with Gasteiger partial charge in [-0.2, -0.15) is 0 Å². The molecule has 0 aliphatic rings. The van der Waals surface area contributed by atoms with E-state index in [0.29, 0.717) is 23.8 Å². The monoisotopic (exact) mass is 452 g/mol. The fraction of sp³-hybridized carbons (Fsp3) is 0.481. The maximum atomic E-state index is 12.4. The molecule has 0 aliphatic heterocycles. The van der Waals surface area contributed by atoms with Crippen molar-refractivity contribution < 1.29 is 9.59 Å². The Morgan fingerprint density at radius 3 is 2.15 bits per heavy atom. The maximum Gasteiger partial charge on any atom is 0.323 e. The van der Waals surface area contributed by atoms with Crippen LogP contribution in [0.4, 0.5) is 26.7 Å². The van der Waals surface area contributed by atoms with Gasteiger partial charge in [-0.05, 0) is 67.5 Å². The molecule has 0 saturated carbocycles. The largest absolute Gasteiger partial charge is 0.338 e. The van der Waals surface area contributed by atoms with Crippen LogP contribution in [0.25, 0.3) is 0 Å². The number of amides is 4. The molecule has 0 spiro atoms. The Morgan fingerprint density at radius 2 is 1.48 bits per heavy atom. The second kappa shape index (κ2) is 14.2. The Hall–Kier alpha value is -3.02. The van der Waals surface area contributed by atoms with Crippen LogP contribution in [0.5, 0.6) is 0 Å². The van der Waals surface area contributed by atoms with Crippen LogP contribution >= 0.6 is 0 Å². The maximum absolute atomic E-state index is 12.4. The highest BCUT2D eigenvalue weighted by Crippen LogP contribution is 2.21. The van der Waals surface area contributed by atoms with Crippen LogP contribution in [0.15, 0.2) is 42.5 Å². The van der Waals surface area contributed by atoms with E-state index in [1.807, 2.05) is 43.3 Å². The summed E-state index contributed by atoms with van der Waals surface area (Å²) in [6.07, 6.45) is 7.90. The summed E-state index contributed by atoms with van der Waals surface area (Å²) in [4.78, 5) is 24.8. The lowest BCUT2D eigenvalue weighted by atomic mass is 9.99. The fourth-order valence-electron chi connectivity index (χ4n) is 3.61. The third kappa shape index (κ3) is 9.56. The minimum absolute atomic E-state index is 0.224. The van der Waals surface area contributed by atoms with Gasteiger partial charge in [0.1, 0.15) is 0 Å². The summed E-state index contributed by atoms with van der Waals surface area (Å²) < 4.78 is 0.